The summed E-state index contributed by atoms with van der Waals surface area (Å²) in [6.07, 6.45) is 3.32. The minimum Gasteiger partial charge on any atom is -0.459 e. The van der Waals surface area contributed by atoms with Crippen LogP contribution in [-0.2, 0) is 57.5 Å². The lowest BCUT2D eigenvalue weighted by Gasteiger charge is -2.42. The van der Waals surface area contributed by atoms with E-state index < -0.39 is 120 Å². The van der Waals surface area contributed by atoms with Crippen LogP contribution >= 0.6 is 0 Å². The maximum absolute atomic E-state index is 15.2. The number of carbonyl (C=O) groups is 11. The monoisotopic (exact) mass is 1130 g/mol. The Bertz CT molecular complexity index is 2150. The third-order valence-electron chi connectivity index (χ3n) is 14.6. The van der Waals surface area contributed by atoms with Crippen molar-refractivity contribution in [2.75, 3.05) is 48.8 Å². The van der Waals surface area contributed by atoms with Crippen molar-refractivity contribution in [2.45, 2.75) is 211 Å². The molecule has 0 aliphatic heterocycles. The molecule has 0 aliphatic rings. The summed E-state index contributed by atoms with van der Waals surface area (Å²) in [6.45, 7) is 29.1. The van der Waals surface area contributed by atoms with E-state index >= 15 is 9.59 Å². The van der Waals surface area contributed by atoms with Crippen LogP contribution in [0.4, 0.5) is 0 Å². The zero-order chi connectivity index (χ0) is 62.5. The van der Waals surface area contributed by atoms with Crippen LogP contribution in [0.2, 0.25) is 0 Å². The highest BCUT2D eigenvalue weighted by molar-refractivity contribution is 5.98. The largest absolute Gasteiger partial charge is 0.459 e. The molecule has 0 aromatic carbocycles. The van der Waals surface area contributed by atoms with Crippen molar-refractivity contribution in [3.05, 3.63) is 12.2 Å². The summed E-state index contributed by atoms with van der Waals surface area (Å²) in [4.78, 5) is 161. The number of ether oxygens (including phenoxy) is 1. The van der Waals surface area contributed by atoms with Crippen LogP contribution in [0, 0.1) is 41.4 Å². The van der Waals surface area contributed by atoms with Gasteiger partial charge in [0.1, 0.15) is 48.1 Å². The van der Waals surface area contributed by atoms with Crippen molar-refractivity contribution in [3.8, 4) is 0 Å². The molecular weight excluding hydrogens is 1030 g/mol. The first-order valence-electron chi connectivity index (χ1n) is 28.6. The van der Waals surface area contributed by atoms with Crippen molar-refractivity contribution in [1.29, 1.82) is 0 Å². The Kier molecular flexibility index (Phi) is 32.1. The van der Waals surface area contributed by atoms with E-state index in [0.29, 0.717) is 12.8 Å². The summed E-state index contributed by atoms with van der Waals surface area (Å²) >= 11 is 0. The number of hydrogen-bond acceptors (Lipinski definition) is 13. The van der Waals surface area contributed by atoms with E-state index in [1.54, 1.807) is 47.7 Å². The quantitative estimate of drug-likeness (QED) is 0.0594. The number of ketones is 2. The van der Waals surface area contributed by atoms with Gasteiger partial charge in [-0.1, -0.05) is 102 Å². The highest BCUT2D eigenvalue weighted by Gasteiger charge is 2.46. The highest BCUT2D eigenvalue weighted by atomic mass is 16.5. The number of Topliss-reactive ketones (excluding diaryl/α,β-unsaturated/α-hetero) is 2. The number of nitrogens with one attached hydrogen (secondary N) is 2. The van der Waals surface area contributed by atoms with E-state index in [0.717, 1.165) is 4.90 Å². The number of carbonyl (C=O) groups excluding carboxylic acids is 11. The molecule has 80 heavy (non-hydrogen) atoms. The molecule has 458 valence electrons. The van der Waals surface area contributed by atoms with Gasteiger partial charge in [0.05, 0.1) is 18.6 Å². The molecule has 0 bridgehead atoms. The Morgan fingerprint density at radius 2 is 0.988 bits per heavy atom. The van der Waals surface area contributed by atoms with Gasteiger partial charge >= 0.3 is 5.97 Å². The Hall–Kier alpha value is -5.73. The molecule has 0 aromatic rings. The van der Waals surface area contributed by atoms with Gasteiger partial charge in [0, 0.05) is 61.5 Å². The first-order chi connectivity index (χ1) is 36.8. The summed E-state index contributed by atoms with van der Waals surface area (Å²) in [7, 11) is 8.72. The van der Waals surface area contributed by atoms with Crippen LogP contribution in [0.3, 0.4) is 0 Å². The Morgan fingerprint density at radius 3 is 1.41 bits per heavy atom. The summed E-state index contributed by atoms with van der Waals surface area (Å²) in [5.41, 5.74) is 6.16. The van der Waals surface area contributed by atoms with Gasteiger partial charge in [0.25, 0.3) is 0 Å². The first-order valence-corrected chi connectivity index (χ1v) is 28.6. The Labute approximate surface area is 479 Å². The van der Waals surface area contributed by atoms with Crippen LogP contribution in [0.5, 0.6) is 0 Å². The minimum atomic E-state index is -1.52. The van der Waals surface area contributed by atoms with Crippen molar-refractivity contribution >= 4 is 64.8 Å². The number of rotatable bonds is 34. The fraction of sp³-hybridized carbons (Fsp3) is 0.780. The lowest BCUT2D eigenvalue weighted by Crippen LogP contribution is -2.64. The van der Waals surface area contributed by atoms with Gasteiger partial charge in [-0.2, -0.15) is 0 Å². The van der Waals surface area contributed by atoms with E-state index in [4.69, 9.17) is 10.5 Å². The zero-order valence-corrected chi connectivity index (χ0v) is 53.0. The molecule has 0 heterocycles. The number of esters is 1. The number of allylic oxidation sites excluding steroid dienone is 2. The molecular formula is C59H105N9O12. The molecule has 4 N–H and O–H groups in total. The van der Waals surface area contributed by atoms with Crippen LogP contribution in [0.1, 0.15) is 156 Å². The predicted molar refractivity (Wildman–Crippen MR) is 310 cm³/mol. The van der Waals surface area contributed by atoms with E-state index in [1.165, 1.54) is 80.5 Å². The average molecular weight is 1130 g/mol. The maximum Gasteiger partial charge on any atom is 0.303 e. The summed E-state index contributed by atoms with van der Waals surface area (Å²) in [5.74, 6) is -8.50. The van der Waals surface area contributed by atoms with Gasteiger partial charge in [-0.15, -0.1) is 0 Å². The third kappa shape index (κ3) is 22.3. The molecule has 0 rings (SSSR count). The fourth-order valence-electron chi connectivity index (χ4n) is 9.77. The van der Waals surface area contributed by atoms with Crippen LogP contribution < -0.4 is 16.4 Å². The standard InChI is InChI=1S/C59H105N9O12/c1-24-26-27-38(13)51(80-42(17)70)50(53(73)62-43(25-2)55(75)63(18)32-40(15)69)68(23)59(79)49(37(11)12)67(22)57(77)46(30-35(7)8)66(21)56(76)45(29-34(5)6)65(20)54(74)41(16)61-52(72)39(14)31-47(71)44(28-33(3)4)64(19)58(78)48(60)36(9)10/h24,26,33-39,41,43-46,48-51H,25,27-32,60H2,1-23H3,(H,61,72)(H,62,73)/b26-24+/t38-,39-,41-,43+,44+,45+,46+,48+,49+,50+,51-/m1/s1. The molecule has 0 saturated heterocycles. The molecule has 0 aromatic heterocycles. The topological polar surface area (TPSA) is 267 Å². The number of amides is 8. The molecule has 0 saturated carbocycles. The molecule has 0 unspecified atom stereocenters. The minimum absolute atomic E-state index is 0.0468. The second kappa shape index (κ2) is 34.5. The van der Waals surface area contributed by atoms with Crippen molar-refractivity contribution in [1.82, 2.24) is 40.0 Å². The lowest BCUT2D eigenvalue weighted by atomic mass is 9.91. The van der Waals surface area contributed by atoms with Crippen molar-refractivity contribution in [2.24, 2.45) is 47.2 Å². The molecule has 8 amide bonds. The van der Waals surface area contributed by atoms with Crippen LogP contribution in [0.25, 0.3) is 0 Å². The third-order valence-corrected chi connectivity index (χ3v) is 14.6. The van der Waals surface area contributed by atoms with Crippen molar-refractivity contribution in [3.63, 3.8) is 0 Å². The molecule has 21 nitrogen and oxygen atoms in total. The van der Waals surface area contributed by atoms with E-state index in [-0.39, 0.29) is 73.4 Å². The summed E-state index contributed by atoms with van der Waals surface area (Å²) < 4.78 is 5.85. The Morgan fingerprint density at radius 1 is 0.537 bits per heavy atom. The van der Waals surface area contributed by atoms with E-state index in [2.05, 4.69) is 10.6 Å². The molecule has 21 heteroatoms. The van der Waals surface area contributed by atoms with Gasteiger partial charge in [0.2, 0.25) is 47.3 Å². The van der Waals surface area contributed by atoms with Gasteiger partial charge in [-0.05, 0) is 88.4 Å². The Balaban J connectivity index is 7.19. The van der Waals surface area contributed by atoms with E-state index in [1.807, 2.05) is 68.4 Å². The number of likely N-dealkylation sites (N-methyl/N-ethyl adjacent to an activating group) is 6. The second-order valence-electron chi connectivity index (χ2n) is 24.1. The maximum atomic E-state index is 15.2. The molecule has 0 spiro atoms. The number of nitrogens with two attached hydrogens (primary N) is 1. The highest BCUT2D eigenvalue weighted by Crippen LogP contribution is 2.27. The van der Waals surface area contributed by atoms with Gasteiger partial charge in [-0.3, -0.25) is 52.7 Å². The van der Waals surface area contributed by atoms with Gasteiger partial charge in [0.15, 0.2) is 5.78 Å². The predicted octanol–water partition coefficient (Wildman–Crippen LogP) is 4.48. The number of nitrogens with zero attached hydrogens (tertiary/aromatic N) is 6. The smallest absolute Gasteiger partial charge is 0.303 e. The normalized spacial score (nSPS) is 15.9. The van der Waals surface area contributed by atoms with Crippen LogP contribution in [0.15, 0.2) is 12.2 Å². The summed E-state index contributed by atoms with van der Waals surface area (Å²) in [5, 5.41) is 5.47. The SMILES string of the molecule is C/C=C/C[C@@H](C)[C@@H](OC(C)=O)[C@@H](C(=O)N[C@@H](CC)C(=O)N(C)CC(C)=O)N(C)C(=O)[C@H](C(C)C)N(C)C(=O)[C@H](CC(C)C)N(C)C(=O)[C@H](CC(C)C)N(C)C(=O)[C@@H](C)NC(=O)[C@H](C)CC(=O)[C@H](CC(C)C)N(C)C(=O)[C@@H](N)C(C)C. The molecule has 0 aliphatic carbocycles. The average Bonchev–Trinajstić information content (AvgIpc) is 3.36. The molecule has 0 fully saturated rings. The van der Waals surface area contributed by atoms with Gasteiger partial charge < -0.3 is 50.5 Å². The first kappa shape index (κ1) is 74.3. The van der Waals surface area contributed by atoms with Gasteiger partial charge in [-0.25, -0.2) is 0 Å². The van der Waals surface area contributed by atoms with Crippen molar-refractivity contribution < 1.29 is 57.5 Å². The zero-order valence-electron chi connectivity index (χ0n) is 53.0. The fourth-order valence-corrected chi connectivity index (χ4v) is 9.77. The molecule has 11 atom stereocenters. The van der Waals surface area contributed by atoms with Crippen LogP contribution in [-0.4, -0.2) is 197 Å². The van der Waals surface area contributed by atoms with E-state index in [9.17, 15) is 43.2 Å². The second-order valence-corrected chi connectivity index (χ2v) is 24.1. The summed E-state index contributed by atoms with van der Waals surface area (Å²) in [6, 6.07) is -8.93. The number of hydrogen-bond donors (Lipinski definition) is 3. The molecule has 0 radical (unpaired) electrons. The lowest BCUT2D eigenvalue weighted by molar-refractivity contribution is -0.164.